The summed E-state index contributed by atoms with van der Waals surface area (Å²) in [5.74, 6) is 0.388. The van der Waals surface area contributed by atoms with Gasteiger partial charge in [0.25, 0.3) is 0 Å². The second-order valence-electron chi connectivity index (χ2n) is 5.69. The lowest BCUT2D eigenvalue weighted by atomic mass is 10.1. The number of nitrogens with one attached hydrogen (secondary N) is 1. The first-order chi connectivity index (χ1) is 10.6. The van der Waals surface area contributed by atoms with Crippen LogP contribution in [0.5, 0.6) is 0 Å². The van der Waals surface area contributed by atoms with Crippen LogP contribution in [0, 0.1) is 0 Å². The fourth-order valence-corrected chi connectivity index (χ4v) is 3.08. The van der Waals surface area contributed by atoms with Crippen molar-refractivity contribution in [2.75, 3.05) is 45.9 Å². The van der Waals surface area contributed by atoms with E-state index in [9.17, 15) is 5.11 Å². The predicted molar refractivity (Wildman–Crippen MR) is 106 cm³/mol. The van der Waals surface area contributed by atoms with Crippen LogP contribution >= 0.6 is 35.3 Å². The van der Waals surface area contributed by atoms with Crippen molar-refractivity contribution in [2.24, 2.45) is 10.7 Å². The van der Waals surface area contributed by atoms with E-state index in [2.05, 4.69) is 15.2 Å². The SMILES string of the molecule is CC(O)(CN=C(N)NCCCN1CCOCC1)c1cccs1.I. The topological polar surface area (TPSA) is 83.1 Å². The van der Waals surface area contributed by atoms with Gasteiger partial charge in [-0.1, -0.05) is 6.07 Å². The minimum atomic E-state index is -0.964. The molecule has 1 aliphatic heterocycles. The van der Waals surface area contributed by atoms with Crippen LogP contribution in [0.15, 0.2) is 22.5 Å². The summed E-state index contributed by atoms with van der Waals surface area (Å²) in [5.41, 5.74) is 4.89. The van der Waals surface area contributed by atoms with Crippen LogP contribution in [0.2, 0.25) is 0 Å². The molecule has 1 aromatic heterocycles. The summed E-state index contributed by atoms with van der Waals surface area (Å²) >= 11 is 1.52. The molecule has 0 aliphatic carbocycles. The van der Waals surface area contributed by atoms with Crippen molar-refractivity contribution < 1.29 is 9.84 Å². The highest BCUT2D eigenvalue weighted by Gasteiger charge is 2.23. The molecule has 1 unspecified atom stereocenters. The van der Waals surface area contributed by atoms with Crippen molar-refractivity contribution in [1.29, 1.82) is 0 Å². The van der Waals surface area contributed by atoms with Gasteiger partial charge < -0.3 is 20.9 Å². The molecule has 132 valence electrons. The van der Waals surface area contributed by atoms with Gasteiger partial charge in [-0.05, 0) is 31.3 Å². The van der Waals surface area contributed by atoms with Gasteiger partial charge in [-0.2, -0.15) is 0 Å². The van der Waals surface area contributed by atoms with Gasteiger partial charge in [0.15, 0.2) is 5.96 Å². The average Bonchev–Trinajstić information content (AvgIpc) is 3.06. The lowest BCUT2D eigenvalue weighted by molar-refractivity contribution is 0.0376. The van der Waals surface area contributed by atoms with Gasteiger partial charge in [0, 0.05) is 24.5 Å². The Morgan fingerprint density at radius 2 is 2.26 bits per heavy atom. The first kappa shape index (κ1) is 20.6. The van der Waals surface area contributed by atoms with Crippen molar-refractivity contribution in [2.45, 2.75) is 18.9 Å². The molecule has 2 rings (SSSR count). The molecule has 23 heavy (non-hydrogen) atoms. The molecule has 0 radical (unpaired) electrons. The van der Waals surface area contributed by atoms with Crippen LogP contribution in [-0.2, 0) is 10.3 Å². The van der Waals surface area contributed by atoms with E-state index in [1.165, 1.54) is 11.3 Å². The van der Waals surface area contributed by atoms with E-state index in [1.807, 2.05) is 17.5 Å². The number of aliphatic imine (C=N–C) groups is 1. The quantitative estimate of drug-likeness (QED) is 0.250. The van der Waals surface area contributed by atoms with Crippen molar-refractivity contribution in [3.05, 3.63) is 22.4 Å². The summed E-state index contributed by atoms with van der Waals surface area (Å²) in [5, 5.41) is 15.4. The van der Waals surface area contributed by atoms with E-state index in [-0.39, 0.29) is 30.5 Å². The molecule has 0 spiro atoms. The van der Waals surface area contributed by atoms with Crippen LogP contribution in [-0.4, -0.2) is 61.9 Å². The maximum atomic E-state index is 10.4. The van der Waals surface area contributed by atoms with E-state index in [4.69, 9.17) is 10.5 Å². The maximum Gasteiger partial charge on any atom is 0.188 e. The highest BCUT2D eigenvalue weighted by Crippen LogP contribution is 2.25. The average molecular weight is 454 g/mol. The second kappa shape index (κ2) is 10.4. The number of rotatable bonds is 7. The normalized spacial score (nSPS) is 19.0. The minimum absolute atomic E-state index is 0. The van der Waals surface area contributed by atoms with Gasteiger partial charge in [-0.3, -0.25) is 9.89 Å². The number of nitrogens with zero attached hydrogens (tertiary/aromatic N) is 2. The molecule has 8 heteroatoms. The summed E-state index contributed by atoms with van der Waals surface area (Å²) in [7, 11) is 0. The first-order valence-electron chi connectivity index (χ1n) is 7.68. The van der Waals surface area contributed by atoms with E-state index < -0.39 is 5.60 Å². The largest absolute Gasteiger partial charge is 0.383 e. The summed E-state index contributed by atoms with van der Waals surface area (Å²) in [6.07, 6.45) is 1.01. The number of ether oxygens (including phenoxy) is 1. The predicted octanol–water partition coefficient (Wildman–Crippen LogP) is 1.20. The third-order valence-corrected chi connectivity index (χ3v) is 4.79. The van der Waals surface area contributed by atoms with Gasteiger partial charge in [0.2, 0.25) is 0 Å². The molecule has 4 N–H and O–H groups in total. The van der Waals surface area contributed by atoms with Gasteiger partial charge >= 0.3 is 0 Å². The monoisotopic (exact) mass is 454 g/mol. The zero-order valence-corrected chi connectivity index (χ0v) is 16.7. The maximum absolute atomic E-state index is 10.4. The lowest BCUT2D eigenvalue weighted by Crippen LogP contribution is -2.39. The number of hydrogen-bond acceptors (Lipinski definition) is 5. The number of guanidine groups is 1. The van der Waals surface area contributed by atoms with E-state index in [0.29, 0.717) is 5.96 Å². The third-order valence-electron chi connectivity index (χ3n) is 3.67. The Kier molecular flexibility index (Phi) is 9.37. The number of hydrogen-bond donors (Lipinski definition) is 3. The summed E-state index contributed by atoms with van der Waals surface area (Å²) < 4.78 is 5.32. The molecule has 1 saturated heterocycles. The van der Waals surface area contributed by atoms with Crippen molar-refractivity contribution in [3.63, 3.8) is 0 Å². The zero-order chi connectivity index (χ0) is 15.8. The van der Waals surface area contributed by atoms with Crippen molar-refractivity contribution >= 4 is 41.3 Å². The molecule has 2 heterocycles. The summed E-state index contributed by atoms with van der Waals surface area (Å²) in [6.45, 7) is 7.51. The van der Waals surface area contributed by atoms with Crippen molar-refractivity contribution in [3.8, 4) is 0 Å². The Bertz CT molecular complexity index is 462. The van der Waals surface area contributed by atoms with E-state index in [0.717, 1.165) is 50.7 Å². The Labute approximate surface area is 159 Å². The molecular weight excluding hydrogens is 427 g/mol. The first-order valence-corrected chi connectivity index (χ1v) is 8.56. The van der Waals surface area contributed by atoms with Crippen molar-refractivity contribution in [1.82, 2.24) is 10.2 Å². The summed E-state index contributed by atoms with van der Waals surface area (Å²) in [4.78, 5) is 7.53. The number of nitrogens with two attached hydrogens (primary N) is 1. The van der Waals surface area contributed by atoms with Gasteiger partial charge in [-0.25, -0.2) is 0 Å². The van der Waals surface area contributed by atoms with Crippen LogP contribution < -0.4 is 11.1 Å². The highest BCUT2D eigenvalue weighted by atomic mass is 127. The lowest BCUT2D eigenvalue weighted by Gasteiger charge is -2.26. The van der Waals surface area contributed by atoms with Gasteiger partial charge in [-0.15, -0.1) is 35.3 Å². The fourth-order valence-electron chi connectivity index (χ4n) is 2.30. The van der Waals surface area contributed by atoms with Crippen LogP contribution in [0.4, 0.5) is 0 Å². The molecule has 0 saturated carbocycles. The molecule has 6 nitrogen and oxygen atoms in total. The fraction of sp³-hybridized carbons (Fsp3) is 0.667. The molecule has 0 aromatic carbocycles. The molecule has 0 bridgehead atoms. The zero-order valence-electron chi connectivity index (χ0n) is 13.5. The molecule has 1 aromatic rings. The summed E-state index contributed by atoms with van der Waals surface area (Å²) in [6, 6.07) is 3.83. The Balaban J connectivity index is 0.00000264. The molecular formula is C15H27IN4O2S. The smallest absolute Gasteiger partial charge is 0.188 e. The van der Waals surface area contributed by atoms with E-state index >= 15 is 0 Å². The number of halogens is 1. The Morgan fingerprint density at radius 3 is 2.91 bits per heavy atom. The second-order valence-corrected chi connectivity index (χ2v) is 6.63. The third kappa shape index (κ3) is 7.34. The van der Waals surface area contributed by atoms with Crippen LogP contribution in [0.1, 0.15) is 18.2 Å². The Hall–Kier alpha value is -0.420. The van der Waals surface area contributed by atoms with Gasteiger partial charge in [0.1, 0.15) is 5.60 Å². The van der Waals surface area contributed by atoms with Crippen LogP contribution in [0.3, 0.4) is 0 Å². The Morgan fingerprint density at radius 1 is 1.52 bits per heavy atom. The molecule has 0 amide bonds. The minimum Gasteiger partial charge on any atom is -0.383 e. The number of thiophene rings is 1. The van der Waals surface area contributed by atoms with Gasteiger partial charge in [0.05, 0.1) is 19.8 Å². The number of morpholine rings is 1. The molecule has 1 atom stereocenters. The molecule has 1 aliphatic rings. The van der Waals surface area contributed by atoms with Crippen LogP contribution in [0.25, 0.3) is 0 Å². The number of aliphatic hydroxyl groups is 1. The highest BCUT2D eigenvalue weighted by molar-refractivity contribution is 14.0. The molecule has 1 fully saturated rings. The standard InChI is InChI=1S/C15H26N4O2S.HI/c1-15(20,13-4-2-11-22-13)12-18-14(16)17-5-3-6-19-7-9-21-10-8-19;/h2,4,11,20H,3,5-10,12H2,1H3,(H3,16,17,18);1H. The van der Waals surface area contributed by atoms with E-state index in [1.54, 1.807) is 6.92 Å².